The minimum Gasteiger partial charge on any atom is -0.395 e. The Balaban J connectivity index is 2.81. The number of aliphatic hydroxyl groups excluding tert-OH is 1. The number of hydrogen-bond donors (Lipinski definition) is 1. The van der Waals surface area contributed by atoms with E-state index in [0.717, 1.165) is 18.7 Å². The Hall–Kier alpha value is -1.16. The lowest BCUT2D eigenvalue weighted by molar-refractivity contribution is 0.295. The maximum absolute atomic E-state index is 9.05. The number of anilines is 1. The molecule has 1 N–H and O–H groups in total. The van der Waals surface area contributed by atoms with E-state index < -0.39 is 0 Å². The smallest absolute Gasteiger partial charge is 0.147 e. The van der Waals surface area contributed by atoms with Crippen LogP contribution in [0.4, 0.5) is 5.82 Å². The second kappa shape index (κ2) is 6.35. The molecule has 0 spiro atoms. The van der Waals surface area contributed by atoms with Gasteiger partial charge in [0.25, 0.3) is 0 Å². The van der Waals surface area contributed by atoms with Gasteiger partial charge in [-0.25, -0.2) is 4.98 Å². The summed E-state index contributed by atoms with van der Waals surface area (Å²) in [5.74, 6) is 0.847. The maximum atomic E-state index is 9.05. The summed E-state index contributed by atoms with van der Waals surface area (Å²) in [6.07, 6.45) is 7.18. The highest BCUT2D eigenvalue weighted by Crippen LogP contribution is 2.16. The summed E-state index contributed by atoms with van der Waals surface area (Å²) in [7, 11) is 0. The Morgan fingerprint density at radius 2 is 2.07 bits per heavy atom. The van der Waals surface area contributed by atoms with Crippen molar-refractivity contribution in [3.05, 3.63) is 18.6 Å². The van der Waals surface area contributed by atoms with Gasteiger partial charge >= 0.3 is 0 Å². The van der Waals surface area contributed by atoms with Crippen LogP contribution in [0.25, 0.3) is 0 Å². The lowest BCUT2D eigenvalue weighted by Crippen LogP contribution is -2.37. The minimum absolute atomic E-state index is 0.146. The molecule has 0 aliphatic rings. The molecule has 4 heteroatoms. The fourth-order valence-electron chi connectivity index (χ4n) is 1.76. The third-order valence-electron chi connectivity index (χ3n) is 2.57. The third kappa shape index (κ3) is 3.16. The van der Waals surface area contributed by atoms with Crippen LogP contribution < -0.4 is 4.90 Å². The van der Waals surface area contributed by atoms with E-state index >= 15 is 0 Å². The van der Waals surface area contributed by atoms with Crippen LogP contribution in [0.5, 0.6) is 0 Å². The molecule has 1 aromatic rings. The van der Waals surface area contributed by atoms with E-state index in [0.29, 0.717) is 12.6 Å². The first-order valence-corrected chi connectivity index (χ1v) is 5.47. The molecule has 0 atom stereocenters. The number of aromatic nitrogens is 2. The molecule has 0 amide bonds. The van der Waals surface area contributed by atoms with Gasteiger partial charge in [0, 0.05) is 25.0 Å². The summed E-state index contributed by atoms with van der Waals surface area (Å²) in [5.41, 5.74) is 0. The van der Waals surface area contributed by atoms with E-state index in [-0.39, 0.29) is 6.61 Å². The first-order valence-electron chi connectivity index (χ1n) is 5.47. The molecular weight excluding hydrogens is 190 g/mol. The SMILES string of the molecule is CCC(CC)N(CCO)c1cnccn1. The monoisotopic (exact) mass is 209 g/mol. The maximum Gasteiger partial charge on any atom is 0.147 e. The van der Waals surface area contributed by atoms with E-state index in [1.165, 1.54) is 0 Å². The van der Waals surface area contributed by atoms with Gasteiger partial charge in [-0.05, 0) is 12.8 Å². The largest absolute Gasteiger partial charge is 0.395 e. The molecule has 0 unspecified atom stereocenters. The molecule has 15 heavy (non-hydrogen) atoms. The lowest BCUT2D eigenvalue weighted by atomic mass is 10.1. The number of hydrogen-bond acceptors (Lipinski definition) is 4. The van der Waals surface area contributed by atoms with Crippen LogP contribution in [0, 0.1) is 0 Å². The van der Waals surface area contributed by atoms with Gasteiger partial charge in [0.1, 0.15) is 5.82 Å². The van der Waals surface area contributed by atoms with Gasteiger partial charge in [0.2, 0.25) is 0 Å². The Kier molecular flexibility index (Phi) is 5.04. The zero-order valence-electron chi connectivity index (χ0n) is 9.43. The van der Waals surface area contributed by atoms with Gasteiger partial charge in [-0.15, -0.1) is 0 Å². The Bertz CT molecular complexity index is 262. The minimum atomic E-state index is 0.146. The average molecular weight is 209 g/mol. The van der Waals surface area contributed by atoms with Crippen LogP contribution in [0.2, 0.25) is 0 Å². The predicted molar refractivity (Wildman–Crippen MR) is 60.8 cm³/mol. The topological polar surface area (TPSA) is 49.2 Å². The lowest BCUT2D eigenvalue weighted by Gasteiger charge is -2.30. The van der Waals surface area contributed by atoms with Crippen molar-refractivity contribution in [2.24, 2.45) is 0 Å². The highest BCUT2D eigenvalue weighted by molar-refractivity contribution is 5.36. The van der Waals surface area contributed by atoms with Gasteiger partial charge in [0.15, 0.2) is 0 Å². The van der Waals surface area contributed by atoms with E-state index in [1.807, 2.05) is 0 Å². The van der Waals surface area contributed by atoms with Crippen LogP contribution in [-0.4, -0.2) is 34.3 Å². The van der Waals surface area contributed by atoms with Crippen molar-refractivity contribution >= 4 is 5.82 Å². The van der Waals surface area contributed by atoms with E-state index in [2.05, 4.69) is 28.7 Å². The summed E-state index contributed by atoms with van der Waals surface area (Å²) in [4.78, 5) is 10.4. The van der Waals surface area contributed by atoms with Crippen LogP contribution in [0.1, 0.15) is 26.7 Å². The quantitative estimate of drug-likeness (QED) is 0.770. The molecule has 0 radical (unpaired) electrons. The van der Waals surface area contributed by atoms with Crippen molar-refractivity contribution in [2.75, 3.05) is 18.1 Å². The molecule has 0 aliphatic heterocycles. The first-order chi connectivity index (χ1) is 7.33. The molecule has 0 saturated carbocycles. The van der Waals surface area contributed by atoms with Gasteiger partial charge < -0.3 is 10.0 Å². The van der Waals surface area contributed by atoms with Crippen molar-refractivity contribution < 1.29 is 5.11 Å². The standard InChI is InChI=1S/C11H19N3O/c1-3-10(4-2)14(7-8-15)11-9-12-5-6-13-11/h5-6,9-10,15H,3-4,7-8H2,1-2H3. The second-order valence-electron chi connectivity index (χ2n) is 3.45. The van der Waals surface area contributed by atoms with Gasteiger partial charge in [-0.2, -0.15) is 0 Å². The van der Waals surface area contributed by atoms with Crippen LogP contribution in [-0.2, 0) is 0 Å². The summed E-state index contributed by atoms with van der Waals surface area (Å²) in [6, 6.07) is 0.425. The van der Waals surface area contributed by atoms with E-state index in [9.17, 15) is 0 Å². The molecule has 0 aromatic carbocycles. The number of aliphatic hydroxyl groups is 1. The zero-order chi connectivity index (χ0) is 11.1. The molecule has 1 rings (SSSR count). The Morgan fingerprint density at radius 3 is 2.53 bits per heavy atom. The van der Waals surface area contributed by atoms with Crippen LogP contribution in [0.3, 0.4) is 0 Å². The molecule has 84 valence electrons. The van der Waals surface area contributed by atoms with Crippen molar-refractivity contribution in [3.8, 4) is 0 Å². The highest BCUT2D eigenvalue weighted by Gasteiger charge is 2.15. The van der Waals surface area contributed by atoms with Crippen molar-refractivity contribution in [3.63, 3.8) is 0 Å². The molecule has 0 bridgehead atoms. The average Bonchev–Trinajstić information content (AvgIpc) is 2.30. The summed E-state index contributed by atoms with van der Waals surface area (Å²) < 4.78 is 0. The van der Waals surface area contributed by atoms with Crippen molar-refractivity contribution in [2.45, 2.75) is 32.7 Å². The zero-order valence-corrected chi connectivity index (χ0v) is 9.43. The Morgan fingerprint density at radius 1 is 1.33 bits per heavy atom. The summed E-state index contributed by atoms with van der Waals surface area (Å²) in [6.45, 7) is 5.06. The molecule has 1 aromatic heterocycles. The summed E-state index contributed by atoms with van der Waals surface area (Å²) in [5, 5.41) is 9.05. The fraction of sp³-hybridized carbons (Fsp3) is 0.636. The van der Waals surface area contributed by atoms with E-state index in [4.69, 9.17) is 5.11 Å². The van der Waals surface area contributed by atoms with Gasteiger partial charge in [-0.3, -0.25) is 4.98 Å². The molecule has 0 fully saturated rings. The second-order valence-corrected chi connectivity index (χ2v) is 3.45. The highest BCUT2D eigenvalue weighted by atomic mass is 16.3. The first kappa shape index (κ1) is 11.9. The summed E-state index contributed by atoms with van der Waals surface area (Å²) >= 11 is 0. The molecular formula is C11H19N3O. The number of rotatable bonds is 6. The van der Waals surface area contributed by atoms with E-state index in [1.54, 1.807) is 18.6 Å². The van der Waals surface area contributed by atoms with Crippen molar-refractivity contribution in [1.29, 1.82) is 0 Å². The molecule has 1 heterocycles. The Labute approximate surface area is 91.0 Å². The van der Waals surface area contributed by atoms with Crippen LogP contribution in [0.15, 0.2) is 18.6 Å². The van der Waals surface area contributed by atoms with Crippen LogP contribution >= 0.6 is 0 Å². The fourth-order valence-corrected chi connectivity index (χ4v) is 1.76. The molecule has 4 nitrogen and oxygen atoms in total. The van der Waals surface area contributed by atoms with Crippen molar-refractivity contribution in [1.82, 2.24) is 9.97 Å². The van der Waals surface area contributed by atoms with Gasteiger partial charge in [-0.1, -0.05) is 13.8 Å². The normalized spacial score (nSPS) is 10.7. The molecule has 0 aliphatic carbocycles. The molecule has 0 saturated heterocycles. The van der Waals surface area contributed by atoms with Gasteiger partial charge in [0.05, 0.1) is 12.8 Å². The predicted octanol–water partition coefficient (Wildman–Crippen LogP) is 1.46. The number of nitrogens with zero attached hydrogens (tertiary/aromatic N) is 3. The third-order valence-corrected chi connectivity index (χ3v) is 2.57.